The van der Waals surface area contributed by atoms with Crippen molar-refractivity contribution in [2.24, 2.45) is 11.1 Å². The molecule has 1 fully saturated rings. The number of likely N-dealkylation sites (tertiary alicyclic amines) is 1. The number of piperidine rings is 1. The summed E-state index contributed by atoms with van der Waals surface area (Å²) >= 11 is 0. The summed E-state index contributed by atoms with van der Waals surface area (Å²) in [6.45, 7) is 2.38. The molecule has 30 heavy (non-hydrogen) atoms. The first kappa shape index (κ1) is 21.5. The molecular weight excluding hydrogens is 384 g/mol. The summed E-state index contributed by atoms with van der Waals surface area (Å²) in [5.41, 5.74) is 7.22. The average molecular weight is 410 g/mol. The zero-order valence-electron chi connectivity index (χ0n) is 17.2. The molecule has 0 bridgehead atoms. The Kier molecular flexibility index (Phi) is 6.52. The minimum absolute atomic E-state index is 0.208. The van der Waals surface area contributed by atoms with Crippen molar-refractivity contribution in [1.82, 2.24) is 4.90 Å². The molecule has 0 radical (unpaired) electrons. The summed E-state index contributed by atoms with van der Waals surface area (Å²) in [6.07, 6.45) is 0.160. The minimum atomic E-state index is -0.750. The van der Waals surface area contributed by atoms with Gasteiger partial charge in [-0.3, -0.25) is 9.59 Å². The van der Waals surface area contributed by atoms with Gasteiger partial charge in [0.25, 0.3) is 5.91 Å². The van der Waals surface area contributed by atoms with Gasteiger partial charge in [-0.2, -0.15) is 0 Å². The Bertz CT molecular complexity index is 913. The minimum Gasteiger partial charge on any atom is -0.465 e. The van der Waals surface area contributed by atoms with Gasteiger partial charge in [-0.15, -0.1) is 0 Å². The van der Waals surface area contributed by atoms with Gasteiger partial charge in [0.05, 0.1) is 24.3 Å². The van der Waals surface area contributed by atoms with Crippen molar-refractivity contribution < 1.29 is 23.9 Å². The van der Waals surface area contributed by atoms with E-state index in [1.165, 1.54) is 7.11 Å². The van der Waals surface area contributed by atoms with Crippen LogP contribution in [0, 0.1) is 5.41 Å². The second-order valence-corrected chi connectivity index (χ2v) is 7.71. The molecule has 2 N–H and O–H groups in total. The predicted octanol–water partition coefficient (Wildman–Crippen LogP) is 2.74. The summed E-state index contributed by atoms with van der Waals surface area (Å²) in [4.78, 5) is 38.7. The zero-order valence-corrected chi connectivity index (χ0v) is 17.2. The van der Waals surface area contributed by atoms with Crippen molar-refractivity contribution in [3.63, 3.8) is 0 Å². The lowest BCUT2D eigenvalue weighted by Crippen LogP contribution is -2.55. The van der Waals surface area contributed by atoms with E-state index in [1.807, 2.05) is 37.3 Å². The van der Waals surface area contributed by atoms with Crippen LogP contribution in [0.25, 0.3) is 0 Å². The van der Waals surface area contributed by atoms with E-state index in [1.54, 1.807) is 29.2 Å². The van der Waals surface area contributed by atoms with Gasteiger partial charge < -0.3 is 20.1 Å². The lowest BCUT2D eigenvalue weighted by Gasteiger charge is -2.41. The Labute approximate surface area is 175 Å². The van der Waals surface area contributed by atoms with Gasteiger partial charge in [-0.05, 0) is 49.6 Å². The summed E-state index contributed by atoms with van der Waals surface area (Å²) < 4.78 is 10.2. The Morgan fingerprint density at radius 2 is 1.70 bits per heavy atom. The molecule has 7 nitrogen and oxygen atoms in total. The fourth-order valence-electron chi connectivity index (χ4n) is 3.57. The highest BCUT2D eigenvalue weighted by atomic mass is 16.5. The lowest BCUT2D eigenvalue weighted by atomic mass is 9.79. The quantitative estimate of drug-likeness (QED) is 0.761. The van der Waals surface area contributed by atoms with Crippen molar-refractivity contribution in [3.05, 3.63) is 71.3 Å². The number of esters is 2. The predicted molar refractivity (Wildman–Crippen MR) is 110 cm³/mol. The number of ether oxygens (including phenoxy) is 2. The van der Waals surface area contributed by atoms with Crippen molar-refractivity contribution in [2.45, 2.75) is 32.5 Å². The number of hydrogen-bond acceptors (Lipinski definition) is 6. The highest BCUT2D eigenvalue weighted by Gasteiger charge is 2.43. The third-order valence-corrected chi connectivity index (χ3v) is 5.48. The Morgan fingerprint density at radius 1 is 1.07 bits per heavy atom. The van der Waals surface area contributed by atoms with Crippen LogP contribution in [0.2, 0.25) is 0 Å². The number of hydrogen-bond donors (Lipinski definition) is 1. The van der Waals surface area contributed by atoms with E-state index in [4.69, 9.17) is 10.5 Å². The standard InChI is InChI=1S/C23H26N2O5/c1-23(22(28)30-15-16-6-4-3-5-7-16)12-13-25(19(24)14-23)20(26)17-8-10-18(11-9-17)21(27)29-2/h3-11,19H,12-15,24H2,1-2H3. The highest BCUT2D eigenvalue weighted by Crippen LogP contribution is 2.35. The Morgan fingerprint density at radius 3 is 2.30 bits per heavy atom. The molecule has 1 heterocycles. The van der Waals surface area contributed by atoms with Crippen LogP contribution in [0.15, 0.2) is 54.6 Å². The number of nitrogens with zero attached hydrogens (tertiary/aromatic N) is 1. The molecule has 2 aromatic carbocycles. The van der Waals surface area contributed by atoms with E-state index in [0.717, 1.165) is 5.56 Å². The summed E-state index contributed by atoms with van der Waals surface area (Å²) in [6, 6.07) is 15.7. The Hall–Kier alpha value is -3.19. The number of rotatable bonds is 5. The molecule has 2 atom stereocenters. The topological polar surface area (TPSA) is 98.9 Å². The van der Waals surface area contributed by atoms with E-state index >= 15 is 0 Å². The molecule has 2 aromatic rings. The summed E-state index contributed by atoms with van der Waals surface area (Å²) in [7, 11) is 1.30. The molecule has 1 aliphatic heterocycles. The van der Waals surface area contributed by atoms with Crippen molar-refractivity contribution in [1.29, 1.82) is 0 Å². The van der Waals surface area contributed by atoms with Crippen LogP contribution in [-0.2, 0) is 20.9 Å². The number of benzene rings is 2. The molecule has 7 heteroatoms. The average Bonchev–Trinajstić information content (AvgIpc) is 2.77. The first-order valence-corrected chi connectivity index (χ1v) is 9.80. The Balaban J connectivity index is 1.61. The van der Waals surface area contributed by atoms with Crippen LogP contribution in [0.1, 0.15) is 46.0 Å². The normalized spacial score (nSPS) is 21.0. The van der Waals surface area contributed by atoms with E-state index in [2.05, 4.69) is 4.74 Å². The largest absolute Gasteiger partial charge is 0.465 e. The first-order valence-electron chi connectivity index (χ1n) is 9.80. The fourth-order valence-corrected chi connectivity index (χ4v) is 3.57. The summed E-state index contributed by atoms with van der Waals surface area (Å²) in [5.74, 6) is -1.01. The third kappa shape index (κ3) is 4.68. The SMILES string of the molecule is COC(=O)c1ccc(C(=O)N2CCC(C)(C(=O)OCc3ccccc3)CC2N)cc1. The number of methoxy groups -OCH3 is 1. The van der Waals surface area contributed by atoms with E-state index < -0.39 is 17.6 Å². The molecule has 1 aliphatic rings. The van der Waals surface area contributed by atoms with Crippen LogP contribution in [0.5, 0.6) is 0 Å². The van der Waals surface area contributed by atoms with Crippen molar-refractivity contribution in [3.8, 4) is 0 Å². The zero-order chi connectivity index (χ0) is 21.7. The maximum Gasteiger partial charge on any atom is 0.337 e. The molecule has 0 aliphatic carbocycles. The second kappa shape index (κ2) is 9.09. The number of amides is 1. The van der Waals surface area contributed by atoms with Gasteiger partial charge in [0.1, 0.15) is 6.61 Å². The van der Waals surface area contributed by atoms with Crippen molar-refractivity contribution in [2.75, 3.05) is 13.7 Å². The first-order chi connectivity index (χ1) is 14.3. The van der Waals surface area contributed by atoms with Gasteiger partial charge in [0.2, 0.25) is 0 Å². The molecule has 0 spiro atoms. The molecule has 1 amide bonds. The molecular formula is C23H26N2O5. The maximum absolute atomic E-state index is 12.9. The van der Waals surface area contributed by atoms with Crippen LogP contribution in [-0.4, -0.2) is 42.6 Å². The molecule has 158 valence electrons. The van der Waals surface area contributed by atoms with Gasteiger partial charge in [0, 0.05) is 12.1 Å². The van der Waals surface area contributed by atoms with Crippen molar-refractivity contribution >= 4 is 17.8 Å². The van der Waals surface area contributed by atoms with Crippen LogP contribution >= 0.6 is 0 Å². The molecule has 0 saturated carbocycles. The van der Waals surface area contributed by atoms with E-state index in [0.29, 0.717) is 30.5 Å². The number of carbonyl (C=O) groups is 3. The van der Waals surface area contributed by atoms with Crippen LogP contribution in [0.4, 0.5) is 0 Å². The number of carbonyl (C=O) groups excluding carboxylic acids is 3. The molecule has 1 saturated heterocycles. The third-order valence-electron chi connectivity index (χ3n) is 5.48. The molecule has 0 aromatic heterocycles. The molecule has 3 rings (SSSR count). The monoisotopic (exact) mass is 410 g/mol. The summed E-state index contributed by atoms with van der Waals surface area (Å²) in [5, 5.41) is 0. The second-order valence-electron chi connectivity index (χ2n) is 7.71. The van der Waals surface area contributed by atoms with Gasteiger partial charge in [-0.1, -0.05) is 30.3 Å². The van der Waals surface area contributed by atoms with E-state index in [-0.39, 0.29) is 18.5 Å². The lowest BCUT2D eigenvalue weighted by molar-refractivity contribution is -0.160. The smallest absolute Gasteiger partial charge is 0.337 e. The van der Waals surface area contributed by atoms with Crippen LogP contribution in [0.3, 0.4) is 0 Å². The van der Waals surface area contributed by atoms with Gasteiger partial charge in [-0.25, -0.2) is 4.79 Å². The molecule has 2 unspecified atom stereocenters. The fraction of sp³-hybridized carbons (Fsp3) is 0.348. The van der Waals surface area contributed by atoms with E-state index in [9.17, 15) is 14.4 Å². The maximum atomic E-state index is 12.9. The van der Waals surface area contributed by atoms with Gasteiger partial charge >= 0.3 is 11.9 Å². The highest BCUT2D eigenvalue weighted by molar-refractivity contribution is 5.96. The van der Waals surface area contributed by atoms with Gasteiger partial charge in [0.15, 0.2) is 0 Å². The number of nitrogens with two attached hydrogens (primary N) is 1. The van der Waals surface area contributed by atoms with Crippen LogP contribution < -0.4 is 5.73 Å².